The van der Waals surface area contributed by atoms with Crippen LogP contribution in [0.3, 0.4) is 0 Å². The highest BCUT2D eigenvalue weighted by Crippen LogP contribution is 2.46. The number of hydrogen-bond donors (Lipinski definition) is 1. The Labute approximate surface area is 293 Å². The van der Waals surface area contributed by atoms with Gasteiger partial charge in [-0.3, -0.25) is 9.52 Å². The van der Waals surface area contributed by atoms with Gasteiger partial charge in [-0.25, -0.2) is 9.37 Å². The van der Waals surface area contributed by atoms with Crippen molar-refractivity contribution in [2.24, 2.45) is 18.9 Å². The SMILES string of the molecule is CCC1CCN2CC3(CCCc4c3ccc(Cl)c4F)COc3ccc(cc32)C(=O)NSC(C)CC(C)/C=C(\C)[C@@H]1OCc1nccn1C. The number of halogens is 2. The molecule has 1 spiro atoms. The van der Waals surface area contributed by atoms with E-state index in [1.807, 2.05) is 48.3 Å². The molecule has 0 saturated heterocycles. The third-order valence-electron chi connectivity index (χ3n) is 10.5. The molecule has 2 aliphatic heterocycles. The quantitative estimate of drug-likeness (QED) is 0.218. The van der Waals surface area contributed by atoms with Crippen LogP contribution in [0.1, 0.15) is 87.1 Å². The van der Waals surface area contributed by atoms with Crippen LogP contribution in [-0.2, 0) is 30.2 Å². The third-order valence-corrected chi connectivity index (χ3v) is 11.7. The van der Waals surface area contributed by atoms with Crippen LogP contribution in [0.4, 0.5) is 10.1 Å². The predicted molar refractivity (Wildman–Crippen MR) is 192 cm³/mol. The Morgan fingerprint density at radius 3 is 2.85 bits per heavy atom. The molecule has 3 heterocycles. The van der Waals surface area contributed by atoms with Crippen molar-refractivity contribution in [3.63, 3.8) is 0 Å². The summed E-state index contributed by atoms with van der Waals surface area (Å²) >= 11 is 7.74. The zero-order chi connectivity index (χ0) is 34.0. The Morgan fingerprint density at radius 2 is 2.08 bits per heavy atom. The minimum absolute atomic E-state index is 0.0839. The standard InChI is InChI=1S/C38H48ClFN4O3S/c1-6-27-13-16-44-22-38(14-7-8-29-30(38)10-11-31(39)35(29)40)23-47-33-12-9-28(20-32(33)44)37(45)42-48-26(4)19-24(2)18-25(3)36(27)46-21-34-41-15-17-43(34)5/h9-12,15,17-18,20,24,26-27,36H,6-8,13-14,16,19,21-23H2,1-5H3,(H,42,45)/b25-18+/t24?,26?,27?,36-,38?/m0/s1. The molecule has 258 valence electrons. The summed E-state index contributed by atoms with van der Waals surface area (Å²) in [6, 6.07) is 9.42. The number of nitrogens with zero attached hydrogens (tertiary/aromatic N) is 3. The molecule has 6 rings (SSSR count). The molecule has 0 radical (unpaired) electrons. The van der Waals surface area contributed by atoms with E-state index in [0.717, 1.165) is 61.5 Å². The maximum absolute atomic E-state index is 15.4. The number of aromatic nitrogens is 2. The summed E-state index contributed by atoms with van der Waals surface area (Å²) in [7, 11) is 2.00. The molecule has 48 heavy (non-hydrogen) atoms. The fraction of sp³-hybridized carbons (Fsp3) is 0.526. The molecule has 0 fully saturated rings. The number of carbonyl (C=O) groups excluding carboxylic acids is 1. The lowest BCUT2D eigenvalue weighted by atomic mass is 9.70. The molecule has 3 aliphatic rings. The number of benzene rings is 2. The van der Waals surface area contributed by atoms with Gasteiger partial charge in [0, 0.05) is 48.8 Å². The maximum Gasteiger partial charge on any atom is 0.261 e. The minimum Gasteiger partial charge on any atom is -0.490 e. The number of fused-ring (bicyclic) bond motifs is 3. The van der Waals surface area contributed by atoms with Gasteiger partial charge < -0.3 is 18.9 Å². The van der Waals surface area contributed by atoms with Crippen LogP contribution >= 0.6 is 23.5 Å². The molecule has 2 bridgehead atoms. The molecule has 1 amide bonds. The van der Waals surface area contributed by atoms with Gasteiger partial charge in [0.25, 0.3) is 5.91 Å². The van der Waals surface area contributed by atoms with Crippen molar-refractivity contribution >= 4 is 35.1 Å². The largest absolute Gasteiger partial charge is 0.490 e. The number of ether oxygens (including phenoxy) is 2. The number of rotatable bonds is 4. The molecule has 1 N–H and O–H groups in total. The first-order chi connectivity index (χ1) is 23.1. The van der Waals surface area contributed by atoms with E-state index in [0.29, 0.717) is 43.2 Å². The van der Waals surface area contributed by atoms with Crippen LogP contribution in [0.5, 0.6) is 5.75 Å². The zero-order valence-electron chi connectivity index (χ0n) is 28.7. The Balaban J connectivity index is 1.39. The number of anilines is 1. The number of imidazole rings is 1. The van der Waals surface area contributed by atoms with Gasteiger partial charge in [-0.2, -0.15) is 0 Å². The fourth-order valence-electron chi connectivity index (χ4n) is 7.95. The van der Waals surface area contributed by atoms with Gasteiger partial charge in [0.1, 0.15) is 24.0 Å². The lowest BCUT2D eigenvalue weighted by molar-refractivity contribution is 0.0168. The minimum atomic E-state index is -0.423. The van der Waals surface area contributed by atoms with Crippen LogP contribution in [0.15, 0.2) is 54.4 Å². The maximum atomic E-state index is 15.4. The molecule has 4 unspecified atom stereocenters. The number of carbonyl (C=O) groups is 1. The summed E-state index contributed by atoms with van der Waals surface area (Å²) in [5.74, 6) is 1.75. The topological polar surface area (TPSA) is 68.6 Å². The van der Waals surface area contributed by atoms with Crippen molar-refractivity contribution in [3.8, 4) is 5.75 Å². The first-order valence-corrected chi connectivity index (χ1v) is 18.6. The average Bonchev–Trinajstić information content (AvgIpc) is 3.41. The van der Waals surface area contributed by atoms with E-state index < -0.39 is 5.41 Å². The number of aryl methyl sites for hydroxylation is 1. The number of allylic oxidation sites excluding steroid dienone is 1. The number of nitrogens with one attached hydrogen (secondary N) is 1. The van der Waals surface area contributed by atoms with Crippen molar-refractivity contribution in [2.75, 3.05) is 24.6 Å². The van der Waals surface area contributed by atoms with Gasteiger partial charge in [0.15, 0.2) is 0 Å². The summed E-state index contributed by atoms with van der Waals surface area (Å²) in [6.45, 7) is 11.1. The summed E-state index contributed by atoms with van der Waals surface area (Å²) in [4.78, 5) is 20.3. The molecule has 1 aromatic heterocycles. The first kappa shape index (κ1) is 34.8. The first-order valence-electron chi connectivity index (χ1n) is 17.3. The average molecular weight is 695 g/mol. The normalized spacial score (nSPS) is 27.8. The molecular formula is C38H48ClFN4O3S. The Morgan fingerprint density at radius 1 is 1.25 bits per heavy atom. The van der Waals surface area contributed by atoms with Crippen LogP contribution in [-0.4, -0.2) is 46.5 Å². The smallest absolute Gasteiger partial charge is 0.261 e. The van der Waals surface area contributed by atoms with Crippen LogP contribution in [0.2, 0.25) is 5.02 Å². The van der Waals surface area contributed by atoms with Crippen LogP contribution in [0, 0.1) is 17.7 Å². The van der Waals surface area contributed by atoms with E-state index in [9.17, 15) is 4.79 Å². The summed E-state index contributed by atoms with van der Waals surface area (Å²) < 4.78 is 33.9. The lowest BCUT2D eigenvalue weighted by Crippen LogP contribution is -2.46. The molecule has 3 aromatic rings. The van der Waals surface area contributed by atoms with Crippen LogP contribution < -0.4 is 14.4 Å². The summed E-state index contributed by atoms with van der Waals surface area (Å²) in [6.07, 6.45) is 11.1. The van der Waals surface area contributed by atoms with E-state index >= 15 is 4.39 Å². The third kappa shape index (κ3) is 7.29. The molecule has 2 aromatic carbocycles. The summed E-state index contributed by atoms with van der Waals surface area (Å²) in [5.41, 5.74) is 3.98. The second kappa shape index (κ2) is 14.9. The molecule has 10 heteroatoms. The van der Waals surface area contributed by atoms with Crippen molar-refractivity contribution in [1.82, 2.24) is 14.3 Å². The van der Waals surface area contributed by atoms with E-state index in [-0.39, 0.29) is 34.0 Å². The monoisotopic (exact) mass is 694 g/mol. The van der Waals surface area contributed by atoms with Gasteiger partial charge in [-0.1, -0.05) is 50.9 Å². The number of amides is 1. The van der Waals surface area contributed by atoms with E-state index in [1.54, 1.807) is 6.07 Å². The van der Waals surface area contributed by atoms with Crippen LogP contribution in [0.25, 0.3) is 0 Å². The summed E-state index contributed by atoms with van der Waals surface area (Å²) in [5, 5.41) is 0.382. The van der Waals surface area contributed by atoms with Gasteiger partial charge in [-0.15, -0.1) is 0 Å². The molecule has 0 saturated carbocycles. The second-order valence-electron chi connectivity index (χ2n) is 14.0. The van der Waals surface area contributed by atoms with Crippen molar-refractivity contribution in [2.45, 2.75) is 89.6 Å². The van der Waals surface area contributed by atoms with Gasteiger partial charge in [0.05, 0.1) is 23.4 Å². The molecule has 5 atom stereocenters. The van der Waals surface area contributed by atoms with Gasteiger partial charge in [-0.05, 0) is 104 Å². The van der Waals surface area contributed by atoms with Gasteiger partial charge in [0.2, 0.25) is 0 Å². The highest BCUT2D eigenvalue weighted by atomic mass is 35.5. The Kier molecular flexibility index (Phi) is 10.8. The predicted octanol–water partition coefficient (Wildman–Crippen LogP) is 8.44. The van der Waals surface area contributed by atoms with Gasteiger partial charge >= 0.3 is 0 Å². The molecular weight excluding hydrogens is 647 g/mol. The lowest BCUT2D eigenvalue weighted by Gasteiger charge is -2.41. The highest BCUT2D eigenvalue weighted by molar-refractivity contribution is 7.98. The van der Waals surface area contributed by atoms with Crippen molar-refractivity contribution in [3.05, 3.63) is 87.7 Å². The Hall–Kier alpha value is -3.01. The fourth-order valence-corrected chi connectivity index (χ4v) is 8.96. The van der Waals surface area contributed by atoms with Crippen molar-refractivity contribution in [1.29, 1.82) is 0 Å². The Bertz CT molecular complexity index is 1660. The molecule has 7 nitrogen and oxygen atoms in total. The highest BCUT2D eigenvalue weighted by Gasteiger charge is 2.43. The second-order valence-corrected chi connectivity index (χ2v) is 15.7. The number of hydrogen-bond acceptors (Lipinski definition) is 6. The van der Waals surface area contributed by atoms with Crippen molar-refractivity contribution < 1.29 is 18.7 Å². The van der Waals surface area contributed by atoms with E-state index in [2.05, 4.69) is 48.4 Å². The van der Waals surface area contributed by atoms with E-state index in [1.165, 1.54) is 17.5 Å². The zero-order valence-corrected chi connectivity index (χ0v) is 30.3. The van der Waals surface area contributed by atoms with E-state index in [4.69, 9.17) is 21.1 Å². The molecule has 1 aliphatic carbocycles.